The van der Waals surface area contributed by atoms with E-state index in [0.717, 1.165) is 28.3 Å². The molecule has 5 rings (SSSR count). The molecule has 1 fully saturated rings. The molecule has 1 aliphatic rings. The van der Waals surface area contributed by atoms with Crippen molar-refractivity contribution < 1.29 is 9.53 Å². The largest absolute Gasteiger partial charge is 0.495 e. The van der Waals surface area contributed by atoms with Crippen molar-refractivity contribution in [2.24, 2.45) is 0 Å². The van der Waals surface area contributed by atoms with E-state index >= 15 is 0 Å². The van der Waals surface area contributed by atoms with Crippen LogP contribution in [0.15, 0.2) is 66.9 Å². The minimum absolute atomic E-state index is 0.174. The lowest BCUT2D eigenvalue weighted by Gasteiger charge is -2.29. The number of ether oxygens (including phenoxy) is 1. The Hall–Kier alpha value is -4.17. The monoisotopic (exact) mass is 539 g/mol. The number of methoxy groups -OCH3 is 1. The molecule has 3 heterocycles. The van der Waals surface area contributed by atoms with Crippen LogP contribution in [0.2, 0.25) is 0 Å². The van der Waals surface area contributed by atoms with Crippen LogP contribution in [0, 0.1) is 27.7 Å². The number of aryl methyl sites for hydroxylation is 3. The smallest absolute Gasteiger partial charge is 0.221 e. The maximum absolute atomic E-state index is 11.9. The topological polar surface area (TPSA) is 71.4 Å². The molecule has 0 unspecified atom stereocenters. The third kappa shape index (κ3) is 4.88. The molecule has 4 aromatic rings. The number of carbonyl (C=O) groups excluding carboxylic acids is 1. The lowest BCUT2D eigenvalue weighted by Crippen LogP contribution is -2.29. The number of hydrogen-bond acceptors (Lipinski definition) is 4. The molecule has 2 aromatic heterocycles. The van der Waals surface area contributed by atoms with Gasteiger partial charge in [-0.25, -0.2) is 0 Å². The van der Waals surface area contributed by atoms with Crippen molar-refractivity contribution in [3.63, 3.8) is 0 Å². The van der Waals surface area contributed by atoms with Gasteiger partial charge in [0.1, 0.15) is 5.75 Å². The number of thiocarbonyl (C=S) groups is 1. The van der Waals surface area contributed by atoms with Gasteiger partial charge in [0, 0.05) is 35.9 Å². The second-order valence-corrected chi connectivity index (χ2v) is 10.4. The van der Waals surface area contributed by atoms with Crippen LogP contribution in [0.5, 0.6) is 5.75 Å². The van der Waals surface area contributed by atoms with E-state index in [0.29, 0.717) is 16.5 Å². The van der Waals surface area contributed by atoms with Gasteiger partial charge in [0.15, 0.2) is 5.11 Å². The van der Waals surface area contributed by atoms with Crippen molar-refractivity contribution in [1.82, 2.24) is 14.9 Å². The summed E-state index contributed by atoms with van der Waals surface area (Å²) in [5, 5.41) is 7.02. The first kappa shape index (κ1) is 26.4. The summed E-state index contributed by atoms with van der Waals surface area (Å²) in [6.45, 7) is 10.0. The third-order valence-corrected chi connectivity index (χ3v) is 7.58. The Morgan fingerprint density at radius 2 is 1.85 bits per heavy atom. The number of rotatable bonds is 6. The summed E-state index contributed by atoms with van der Waals surface area (Å²) in [6.07, 6.45) is 1.81. The normalized spacial score (nSPS) is 16.8. The Balaban J connectivity index is 1.70. The Kier molecular flexibility index (Phi) is 7.14. The molecule has 0 aliphatic carbocycles. The van der Waals surface area contributed by atoms with E-state index in [1.165, 1.54) is 23.7 Å². The maximum atomic E-state index is 11.9. The highest BCUT2D eigenvalue weighted by atomic mass is 32.1. The fourth-order valence-electron chi connectivity index (χ4n) is 5.50. The number of nitrogens with zero attached hydrogens (tertiary/aromatic N) is 3. The first-order valence-electron chi connectivity index (χ1n) is 12.9. The van der Waals surface area contributed by atoms with Crippen molar-refractivity contribution in [3.05, 3.63) is 101 Å². The second-order valence-electron chi connectivity index (χ2n) is 10.0. The molecule has 8 heteroatoms. The number of hydrogen-bond donors (Lipinski definition) is 2. The molecule has 1 saturated heterocycles. The quantitative estimate of drug-likeness (QED) is 0.282. The predicted octanol–water partition coefficient (Wildman–Crippen LogP) is 6.25. The average molecular weight is 540 g/mol. The third-order valence-electron chi connectivity index (χ3n) is 7.26. The fraction of sp³-hybridized carbons (Fsp3) is 0.258. The van der Waals surface area contributed by atoms with Gasteiger partial charge in [-0.2, -0.15) is 0 Å². The van der Waals surface area contributed by atoms with Crippen molar-refractivity contribution in [2.75, 3.05) is 17.3 Å². The van der Waals surface area contributed by atoms with Gasteiger partial charge in [0.25, 0.3) is 0 Å². The number of benzene rings is 2. The van der Waals surface area contributed by atoms with E-state index in [-0.39, 0.29) is 18.0 Å². The van der Waals surface area contributed by atoms with Crippen LogP contribution in [-0.4, -0.2) is 27.7 Å². The SMILES string of the molecule is COc1ccc(N2C(=S)N[C@@H](c3ccccn3)[C@H]2c2cc(C)n(-c3cc(C)ccc3C)c2C)cc1NC(C)=O. The molecule has 200 valence electrons. The summed E-state index contributed by atoms with van der Waals surface area (Å²) in [5.74, 6) is 0.408. The van der Waals surface area contributed by atoms with Gasteiger partial charge in [-0.1, -0.05) is 18.2 Å². The van der Waals surface area contributed by atoms with Crippen LogP contribution in [0.3, 0.4) is 0 Å². The zero-order chi connectivity index (χ0) is 27.8. The summed E-state index contributed by atoms with van der Waals surface area (Å²) >= 11 is 5.94. The molecule has 2 N–H and O–H groups in total. The minimum atomic E-state index is -0.184. The van der Waals surface area contributed by atoms with Crippen LogP contribution in [0.4, 0.5) is 11.4 Å². The van der Waals surface area contributed by atoms with Gasteiger partial charge >= 0.3 is 0 Å². The van der Waals surface area contributed by atoms with Crippen molar-refractivity contribution >= 4 is 34.6 Å². The first-order valence-corrected chi connectivity index (χ1v) is 13.3. The van der Waals surface area contributed by atoms with Crippen molar-refractivity contribution in [3.8, 4) is 11.4 Å². The van der Waals surface area contributed by atoms with E-state index in [1.807, 2.05) is 36.4 Å². The second kappa shape index (κ2) is 10.5. The summed E-state index contributed by atoms with van der Waals surface area (Å²) in [5.41, 5.74) is 9.35. The molecular formula is C31H33N5O2S. The summed E-state index contributed by atoms with van der Waals surface area (Å²) in [6, 6.07) is 20.1. The maximum Gasteiger partial charge on any atom is 0.221 e. The van der Waals surface area contributed by atoms with Gasteiger partial charge in [-0.3, -0.25) is 9.78 Å². The predicted molar refractivity (Wildman–Crippen MR) is 160 cm³/mol. The van der Waals surface area contributed by atoms with Gasteiger partial charge in [0.2, 0.25) is 5.91 Å². The molecule has 1 aliphatic heterocycles. The Labute approximate surface area is 234 Å². The van der Waals surface area contributed by atoms with Crippen LogP contribution in [-0.2, 0) is 4.79 Å². The van der Waals surface area contributed by atoms with E-state index in [9.17, 15) is 4.79 Å². The molecular weight excluding hydrogens is 506 g/mol. The Bertz CT molecular complexity index is 1560. The molecule has 7 nitrogen and oxygen atoms in total. The van der Waals surface area contributed by atoms with Crippen LogP contribution < -0.4 is 20.3 Å². The molecule has 0 bridgehead atoms. The van der Waals surface area contributed by atoms with E-state index in [4.69, 9.17) is 21.9 Å². The highest BCUT2D eigenvalue weighted by molar-refractivity contribution is 7.80. The van der Waals surface area contributed by atoms with E-state index in [2.05, 4.69) is 72.1 Å². The number of carbonyl (C=O) groups is 1. The molecule has 1 amide bonds. The van der Waals surface area contributed by atoms with Crippen molar-refractivity contribution in [1.29, 1.82) is 0 Å². The number of anilines is 2. The van der Waals surface area contributed by atoms with Gasteiger partial charge < -0.3 is 24.8 Å². The number of pyridine rings is 1. The van der Waals surface area contributed by atoms with Gasteiger partial charge in [-0.05, 0) is 99.1 Å². The number of amides is 1. The molecule has 0 spiro atoms. The zero-order valence-corrected chi connectivity index (χ0v) is 23.9. The summed E-state index contributed by atoms with van der Waals surface area (Å²) < 4.78 is 7.83. The standard InChI is InChI=1S/C31H33N5O2S/c1-18-10-11-19(2)27(15-18)35-20(3)16-24(21(35)4)30-29(25-9-7-8-14-32-25)34-31(39)36(30)23-12-13-28(38-6)26(17-23)33-22(5)37/h7-17,29-30H,1-6H3,(H,33,37)(H,34,39)/t29-,30+/m0/s1. The minimum Gasteiger partial charge on any atom is -0.495 e. The summed E-state index contributed by atoms with van der Waals surface area (Å²) in [7, 11) is 1.59. The van der Waals surface area contributed by atoms with Gasteiger partial charge in [-0.15, -0.1) is 0 Å². The van der Waals surface area contributed by atoms with E-state index < -0.39 is 0 Å². The number of aromatic nitrogens is 2. The molecule has 0 radical (unpaired) electrons. The van der Waals surface area contributed by atoms with Crippen LogP contribution in [0.1, 0.15) is 52.8 Å². The van der Waals surface area contributed by atoms with Crippen molar-refractivity contribution in [2.45, 2.75) is 46.7 Å². The highest BCUT2D eigenvalue weighted by Gasteiger charge is 2.42. The van der Waals surface area contributed by atoms with Gasteiger partial charge in [0.05, 0.1) is 30.6 Å². The molecule has 2 atom stereocenters. The molecule has 2 aromatic carbocycles. The number of nitrogens with one attached hydrogen (secondary N) is 2. The van der Waals surface area contributed by atoms with Crippen LogP contribution >= 0.6 is 12.2 Å². The zero-order valence-electron chi connectivity index (χ0n) is 23.1. The molecule has 39 heavy (non-hydrogen) atoms. The Morgan fingerprint density at radius 3 is 2.54 bits per heavy atom. The lowest BCUT2D eigenvalue weighted by atomic mass is 9.96. The highest BCUT2D eigenvalue weighted by Crippen LogP contribution is 2.45. The van der Waals surface area contributed by atoms with Crippen LogP contribution in [0.25, 0.3) is 5.69 Å². The lowest BCUT2D eigenvalue weighted by molar-refractivity contribution is -0.114. The fourth-order valence-corrected chi connectivity index (χ4v) is 5.85. The first-order chi connectivity index (χ1) is 18.7. The van der Waals surface area contributed by atoms with E-state index in [1.54, 1.807) is 13.3 Å². The average Bonchev–Trinajstić information content (AvgIpc) is 3.40. The molecule has 0 saturated carbocycles. The summed E-state index contributed by atoms with van der Waals surface area (Å²) in [4.78, 5) is 18.8. The Morgan fingerprint density at radius 1 is 1.05 bits per heavy atom.